The molecule has 3 rings (SSSR count). The van der Waals surface area contributed by atoms with E-state index in [1.165, 1.54) is 49.6 Å². The zero-order valence-corrected chi connectivity index (χ0v) is 20.5. The van der Waals surface area contributed by atoms with Crippen molar-refractivity contribution in [3.63, 3.8) is 0 Å². The summed E-state index contributed by atoms with van der Waals surface area (Å²) in [4.78, 5) is 13.0. The lowest BCUT2D eigenvalue weighted by molar-refractivity contribution is -0.120. The quantitative estimate of drug-likeness (QED) is 0.468. The molecule has 0 bridgehead atoms. The molecule has 0 spiro atoms. The summed E-state index contributed by atoms with van der Waals surface area (Å²) in [7, 11) is -2.77. The highest BCUT2D eigenvalue weighted by Gasteiger charge is 2.30. The molecule has 3 aromatic carbocycles. The van der Waals surface area contributed by atoms with Crippen LogP contribution in [0.2, 0.25) is 0 Å². The van der Waals surface area contributed by atoms with E-state index in [1.54, 1.807) is 0 Å². The van der Waals surface area contributed by atoms with Crippen molar-refractivity contribution in [3.05, 3.63) is 89.2 Å². The van der Waals surface area contributed by atoms with Crippen molar-refractivity contribution in [1.82, 2.24) is 5.32 Å². The van der Waals surface area contributed by atoms with Crippen LogP contribution in [0.25, 0.3) is 0 Å². The largest absolute Gasteiger partial charge is 0.497 e. The van der Waals surface area contributed by atoms with E-state index in [2.05, 4.69) is 5.32 Å². The minimum atomic E-state index is -4.24. The lowest BCUT2D eigenvalue weighted by Gasteiger charge is -2.26. The summed E-state index contributed by atoms with van der Waals surface area (Å²) in [5.74, 6) is -0.799. The van der Waals surface area contributed by atoms with Gasteiger partial charge in [-0.2, -0.15) is 0 Å². The minimum Gasteiger partial charge on any atom is -0.497 e. The number of anilines is 1. The number of halogens is 1. The number of benzene rings is 3. The summed E-state index contributed by atoms with van der Waals surface area (Å²) in [6.45, 7) is 5.36. The Bertz CT molecular complexity index is 1260. The van der Waals surface area contributed by atoms with Gasteiger partial charge < -0.3 is 10.1 Å². The number of nitrogens with zero attached hydrogens (tertiary/aromatic N) is 1. The lowest BCUT2D eigenvalue weighted by atomic mass is 9.99. The van der Waals surface area contributed by atoms with Crippen molar-refractivity contribution in [2.24, 2.45) is 0 Å². The molecule has 8 heteroatoms. The van der Waals surface area contributed by atoms with E-state index in [0.717, 1.165) is 27.1 Å². The van der Waals surface area contributed by atoms with Gasteiger partial charge in [0.25, 0.3) is 10.0 Å². The number of nitrogens with one attached hydrogen (secondary N) is 1. The van der Waals surface area contributed by atoms with Crippen molar-refractivity contribution in [3.8, 4) is 5.75 Å². The topological polar surface area (TPSA) is 75.7 Å². The van der Waals surface area contributed by atoms with Crippen LogP contribution in [-0.4, -0.2) is 28.0 Å². The fraction of sp³-hybridized carbons (Fsp3) is 0.269. The first-order valence-electron chi connectivity index (χ1n) is 10.9. The molecule has 180 valence electrons. The van der Waals surface area contributed by atoms with Gasteiger partial charge in [0.05, 0.1) is 23.7 Å². The van der Waals surface area contributed by atoms with Gasteiger partial charge in [0.15, 0.2) is 0 Å². The fourth-order valence-electron chi connectivity index (χ4n) is 3.60. The summed E-state index contributed by atoms with van der Waals surface area (Å²) in [5, 5.41) is 2.90. The summed E-state index contributed by atoms with van der Waals surface area (Å²) >= 11 is 0. The molecule has 3 aromatic rings. The molecule has 6 nitrogen and oxygen atoms in total. The van der Waals surface area contributed by atoms with E-state index in [1.807, 2.05) is 39.0 Å². The third-order valence-corrected chi connectivity index (χ3v) is 7.51. The molecule has 34 heavy (non-hydrogen) atoms. The lowest BCUT2D eigenvalue weighted by Crippen LogP contribution is -2.42. The summed E-state index contributed by atoms with van der Waals surface area (Å²) in [5.41, 5.74) is 2.96. The van der Waals surface area contributed by atoms with E-state index in [9.17, 15) is 17.6 Å². The van der Waals surface area contributed by atoms with Crippen LogP contribution in [0.4, 0.5) is 10.1 Å². The van der Waals surface area contributed by atoms with Gasteiger partial charge in [-0.25, -0.2) is 12.8 Å². The van der Waals surface area contributed by atoms with Crippen molar-refractivity contribution in [2.45, 2.75) is 38.1 Å². The average Bonchev–Trinajstić information content (AvgIpc) is 2.83. The smallest absolute Gasteiger partial charge is 0.264 e. The number of hydrogen-bond donors (Lipinski definition) is 1. The van der Waals surface area contributed by atoms with Crippen molar-refractivity contribution < 1.29 is 22.3 Å². The Kier molecular flexibility index (Phi) is 7.94. The van der Waals surface area contributed by atoms with Crippen molar-refractivity contribution in [1.29, 1.82) is 0 Å². The number of rotatable bonds is 9. The number of aryl methyl sites for hydroxylation is 2. The van der Waals surface area contributed by atoms with Gasteiger partial charge >= 0.3 is 0 Å². The molecule has 0 aliphatic carbocycles. The molecule has 0 aliphatic heterocycles. The second-order valence-electron chi connectivity index (χ2n) is 8.01. The SMILES string of the molecule is CCC(NC(=O)CN(c1ccccc1F)S(=O)(=O)c1ccc(OC)cc1)c1ccc(C)c(C)c1. The molecule has 1 atom stereocenters. The molecule has 0 radical (unpaired) electrons. The maximum absolute atomic E-state index is 14.7. The van der Waals surface area contributed by atoms with Gasteiger partial charge in [-0.05, 0) is 73.4 Å². The predicted octanol–water partition coefficient (Wildman–Crippen LogP) is 4.91. The molecule has 0 heterocycles. The third kappa shape index (κ3) is 5.56. The maximum Gasteiger partial charge on any atom is 0.264 e. The van der Waals surface area contributed by atoms with E-state index < -0.39 is 28.3 Å². The van der Waals surface area contributed by atoms with Crippen LogP contribution in [0.15, 0.2) is 71.6 Å². The number of ether oxygens (including phenoxy) is 1. The van der Waals surface area contributed by atoms with E-state index >= 15 is 0 Å². The maximum atomic E-state index is 14.7. The Morgan fingerprint density at radius 1 is 1.03 bits per heavy atom. The molecule has 0 saturated heterocycles. The Balaban J connectivity index is 1.93. The Morgan fingerprint density at radius 2 is 1.71 bits per heavy atom. The Morgan fingerprint density at radius 3 is 2.29 bits per heavy atom. The summed E-state index contributed by atoms with van der Waals surface area (Å²) in [6, 6.07) is 16.8. The second kappa shape index (κ2) is 10.7. The molecule has 0 fully saturated rings. The first-order valence-corrected chi connectivity index (χ1v) is 12.4. The standard InChI is InChI=1S/C26H29FN2O4S/c1-5-24(20-11-10-18(2)19(3)16-20)28-26(30)17-29(25-9-7-6-8-23(25)27)34(31,32)22-14-12-21(33-4)13-15-22/h6-16,24H,5,17H2,1-4H3,(H,28,30). The first kappa shape index (κ1) is 25.2. The number of carbonyl (C=O) groups is 1. The number of hydrogen-bond acceptors (Lipinski definition) is 4. The van der Waals surface area contributed by atoms with Gasteiger partial charge in [0.1, 0.15) is 18.1 Å². The Labute approximate surface area is 200 Å². The van der Waals surface area contributed by atoms with E-state index in [0.29, 0.717) is 12.2 Å². The number of para-hydroxylation sites is 1. The normalized spacial score (nSPS) is 12.1. The van der Waals surface area contributed by atoms with Crippen LogP contribution in [0.3, 0.4) is 0 Å². The van der Waals surface area contributed by atoms with Crippen LogP contribution in [0, 0.1) is 19.7 Å². The van der Waals surface area contributed by atoms with Crippen LogP contribution in [0.1, 0.15) is 36.1 Å². The highest BCUT2D eigenvalue weighted by Crippen LogP contribution is 2.27. The van der Waals surface area contributed by atoms with Crippen molar-refractivity contribution in [2.75, 3.05) is 18.0 Å². The average molecular weight is 485 g/mol. The summed E-state index contributed by atoms with van der Waals surface area (Å²) in [6.07, 6.45) is 0.610. The fourth-order valence-corrected chi connectivity index (χ4v) is 5.03. The van der Waals surface area contributed by atoms with Crippen LogP contribution in [-0.2, 0) is 14.8 Å². The molecule has 1 N–H and O–H groups in total. The molecule has 0 saturated carbocycles. The van der Waals surface area contributed by atoms with Gasteiger partial charge in [-0.3, -0.25) is 9.10 Å². The number of sulfonamides is 1. The van der Waals surface area contributed by atoms with Gasteiger partial charge in [0, 0.05) is 0 Å². The number of carbonyl (C=O) groups excluding carboxylic acids is 1. The van der Waals surface area contributed by atoms with E-state index in [4.69, 9.17) is 4.74 Å². The number of amides is 1. The predicted molar refractivity (Wildman–Crippen MR) is 131 cm³/mol. The minimum absolute atomic E-state index is 0.0782. The Hall–Kier alpha value is -3.39. The number of methoxy groups -OCH3 is 1. The molecule has 1 unspecified atom stereocenters. The highest BCUT2D eigenvalue weighted by molar-refractivity contribution is 7.92. The summed E-state index contributed by atoms with van der Waals surface area (Å²) < 4.78 is 47.5. The molecule has 0 aromatic heterocycles. The van der Waals surface area contributed by atoms with Gasteiger partial charge in [0.2, 0.25) is 5.91 Å². The van der Waals surface area contributed by atoms with Crippen LogP contribution >= 0.6 is 0 Å². The first-order chi connectivity index (χ1) is 16.2. The van der Waals surface area contributed by atoms with Crippen molar-refractivity contribution >= 4 is 21.6 Å². The van der Waals surface area contributed by atoms with E-state index in [-0.39, 0.29) is 16.6 Å². The second-order valence-corrected chi connectivity index (χ2v) is 9.87. The molecule has 1 amide bonds. The van der Waals surface area contributed by atoms with Gasteiger partial charge in [-0.15, -0.1) is 0 Å². The van der Waals surface area contributed by atoms with Crippen LogP contribution < -0.4 is 14.4 Å². The van der Waals surface area contributed by atoms with Gasteiger partial charge in [-0.1, -0.05) is 37.3 Å². The third-order valence-electron chi connectivity index (χ3n) is 5.73. The zero-order valence-electron chi connectivity index (χ0n) is 19.7. The molecular weight excluding hydrogens is 455 g/mol. The van der Waals surface area contributed by atoms with Crippen LogP contribution in [0.5, 0.6) is 5.75 Å². The monoisotopic (exact) mass is 484 g/mol. The molecular formula is C26H29FN2O4S. The zero-order chi connectivity index (χ0) is 24.9. The molecule has 0 aliphatic rings. The highest BCUT2D eigenvalue weighted by atomic mass is 32.2.